The fraction of sp³-hybridized carbons (Fsp3) is 0.600. The quantitative estimate of drug-likeness (QED) is 0.809. The van der Waals surface area contributed by atoms with Gasteiger partial charge in [0.1, 0.15) is 11.3 Å². The number of rotatable bonds is 7. The number of aliphatic carboxylic acids is 1. The summed E-state index contributed by atoms with van der Waals surface area (Å²) in [6.07, 6.45) is 4.55. The zero-order chi connectivity index (χ0) is 15.5. The predicted molar refractivity (Wildman–Crippen MR) is 76.8 cm³/mol. The topological polar surface area (TPSA) is 82.8 Å². The van der Waals surface area contributed by atoms with Gasteiger partial charge in [-0.2, -0.15) is 0 Å². The Kier molecular flexibility index (Phi) is 4.55. The maximum absolute atomic E-state index is 12.5. The Hall–Kier alpha value is -1.98. The molecule has 2 rings (SSSR count). The molecule has 0 saturated heterocycles. The molecule has 1 aliphatic rings. The summed E-state index contributed by atoms with van der Waals surface area (Å²) in [5.74, 6) is -0.309. The van der Waals surface area contributed by atoms with Crippen molar-refractivity contribution in [2.75, 3.05) is 0 Å². The standard InChI is InChI=1S/C15H22N2O4/c1-3-8-15(2,13(18)19)16-14(20)17(11-6-7-11)10-12-5-4-9-21-12/h4-5,9,11H,3,6-8,10H2,1-2H3,(H,16,20)(H,18,19). The van der Waals surface area contributed by atoms with Crippen LogP contribution in [0.25, 0.3) is 0 Å². The lowest BCUT2D eigenvalue weighted by Crippen LogP contribution is -2.56. The highest BCUT2D eigenvalue weighted by Crippen LogP contribution is 2.29. The van der Waals surface area contributed by atoms with E-state index in [4.69, 9.17) is 4.42 Å². The predicted octanol–water partition coefficient (Wildman–Crippen LogP) is 2.60. The summed E-state index contributed by atoms with van der Waals surface area (Å²) in [6, 6.07) is 3.42. The molecule has 1 aromatic heterocycles. The monoisotopic (exact) mass is 294 g/mol. The van der Waals surface area contributed by atoms with Gasteiger partial charge in [0.05, 0.1) is 12.8 Å². The Morgan fingerprint density at radius 2 is 2.24 bits per heavy atom. The molecular formula is C15H22N2O4. The fourth-order valence-corrected chi connectivity index (χ4v) is 2.35. The van der Waals surface area contributed by atoms with E-state index in [2.05, 4.69) is 5.32 Å². The average Bonchev–Trinajstić information content (AvgIpc) is 3.12. The summed E-state index contributed by atoms with van der Waals surface area (Å²) < 4.78 is 5.28. The van der Waals surface area contributed by atoms with Crippen LogP contribution < -0.4 is 5.32 Å². The van der Waals surface area contributed by atoms with E-state index in [9.17, 15) is 14.7 Å². The van der Waals surface area contributed by atoms with Crippen molar-refractivity contribution in [3.8, 4) is 0 Å². The Morgan fingerprint density at radius 1 is 1.52 bits per heavy atom. The first-order chi connectivity index (χ1) is 9.96. The second-order valence-corrected chi connectivity index (χ2v) is 5.76. The van der Waals surface area contributed by atoms with Crippen LogP contribution in [0.5, 0.6) is 0 Å². The number of carboxylic acids is 1. The number of carboxylic acid groups (broad SMARTS) is 1. The number of amides is 2. The maximum Gasteiger partial charge on any atom is 0.329 e. The van der Waals surface area contributed by atoms with Crippen LogP contribution >= 0.6 is 0 Å². The smallest absolute Gasteiger partial charge is 0.329 e. The van der Waals surface area contributed by atoms with E-state index < -0.39 is 11.5 Å². The average molecular weight is 294 g/mol. The second-order valence-electron chi connectivity index (χ2n) is 5.76. The van der Waals surface area contributed by atoms with Crippen molar-refractivity contribution in [3.05, 3.63) is 24.2 Å². The molecule has 2 amide bonds. The zero-order valence-corrected chi connectivity index (χ0v) is 12.5. The summed E-state index contributed by atoms with van der Waals surface area (Å²) >= 11 is 0. The summed E-state index contributed by atoms with van der Waals surface area (Å²) in [7, 11) is 0. The molecule has 0 radical (unpaired) electrons. The van der Waals surface area contributed by atoms with E-state index in [0.29, 0.717) is 25.1 Å². The summed E-state index contributed by atoms with van der Waals surface area (Å²) in [6.45, 7) is 3.81. The summed E-state index contributed by atoms with van der Waals surface area (Å²) in [5.41, 5.74) is -1.23. The minimum absolute atomic E-state index is 0.176. The minimum atomic E-state index is -1.23. The van der Waals surface area contributed by atoms with Gasteiger partial charge in [0.2, 0.25) is 0 Å². The molecule has 1 fully saturated rings. The third-order valence-electron chi connectivity index (χ3n) is 3.76. The molecule has 1 heterocycles. The van der Waals surface area contributed by atoms with Gasteiger partial charge < -0.3 is 19.7 Å². The van der Waals surface area contributed by atoms with Crippen LogP contribution in [0, 0.1) is 0 Å². The highest BCUT2D eigenvalue weighted by atomic mass is 16.4. The zero-order valence-electron chi connectivity index (χ0n) is 12.5. The molecule has 0 spiro atoms. The molecule has 1 unspecified atom stereocenters. The van der Waals surface area contributed by atoms with Crippen molar-refractivity contribution < 1.29 is 19.1 Å². The first kappa shape index (κ1) is 15.4. The lowest BCUT2D eigenvalue weighted by Gasteiger charge is -2.30. The molecule has 1 aromatic rings. The normalized spacial score (nSPS) is 17.0. The largest absolute Gasteiger partial charge is 0.480 e. The molecule has 0 bridgehead atoms. The van der Waals surface area contributed by atoms with E-state index in [0.717, 1.165) is 12.8 Å². The van der Waals surface area contributed by atoms with Crippen molar-refractivity contribution in [1.82, 2.24) is 10.2 Å². The third-order valence-corrected chi connectivity index (χ3v) is 3.76. The molecule has 6 heteroatoms. The van der Waals surface area contributed by atoms with E-state index in [1.807, 2.05) is 13.0 Å². The number of furan rings is 1. The van der Waals surface area contributed by atoms with Crippen LogP contribution in [-0.4, -0.2) is 33.6 Å². The Balaban J connectivity index is 2.06. The van der Waals surface area contributed by atoms with Gasteiger partial charge in [-0.25, -0.2) is 9.59 Å². The van der Waals surface area contributed by atoms with Gasteiger partial charge in [-0.1, -0.05) is 13.3 Å². The Bertz CT molecular complexity index is 496. The first-order valence-electron chi connectivity index (χ1n) is 7.31. The molecule has 6 nitrogen and oxygen atoms in total. The molecule has 0 aliphatic heterocycles. The number of hydrogen-bond donors (Lipinski definition) is 2. The number of carbonyl (C=O) groups is 2. The lowest BCUT2D eigenvalue weighted by atomic mass is 9.96. The van der Waals surface area contributed by atoms with Crippen LogP contribution in [-0.2, 0) is 11.3 Å². The van der Waals surface area contributed by atoms with Gasteiger partial charge in [0.25, 0.3) is 0 Å². The molecule has 1 atom stereocenters. The first-order valence-corrected chi connectivity index (χ1v) is 7.31. The van der Waals surface area contributed by atoms with Gasteiger partial charge in [-0.15, -0.1) is 0 Å². The van der Waals surface area contributed by atoms with E-state index in [1.165, 1.54) is 0 Å². The molecular weight excluding hydrogens is 272 g/mol. The van der Waals surface area contributed by atoms with Gasteiger partial charge in [0.15, 0.2) is 0 Å². The van der Waals surface area contributed by atoms with Gasteiger partial charge in [-0.3, -0.25) is 0 Å². The van der Waals surface area contributed by atoms with Gasteiger partial charge in [-0.05, 0) is 38.3 Å². The van der Waals surface area contributed by atoms with Crippen molar-refractivity contribution in [2.24, 2.45) is 0 Å². The van der Waals surface area contributed by atoms with Crippen LogP contribution in [0.3, 0.4) is 0 Å². The highest BCUT2D eigenvalue weighted by Gasteiger charge is 2.39. The minimum Gasteiger partial charge on any atom is -0.480 e. The van der Waals surface area contributed by atoms with Crippen LogP contribution in [0.15, 0.2) is 22.8 Å². The van der Waals surface area contributed by atoms with Gasteiger partial charge >= 0.3 is 12.0 Å². The molecule has 1 aliphatic carbocycles. The lowest BCUT2D eigenvalue weighted by molar-refractivity contribution is -0.144. The van der Waals surface area contributed by atoms with Crippen molar-refractivity contribution in [3.63, 3.8) is 0 Å². The molecule has 2 N–H and O–H groups in total. The number of urea groups is 1. The Morgan fingerprint density at radius 3 is 2.71 bits per heavy atom. The summed E-state index contributed by atoms with van der Waals surface area (Å²) in [4.78, 5) is 25.5. The molecule has 116 valence electrons. The number of hydrogen-bond acceptors (Lipinski definition) is 3. The van der Waals surface area contributed by atoms with Crippen molar-refractivity contribution in [2.45, 2.75) is 57.7 Å². The van der Waals surface area contributed by atoms with Gasteiger partial charge in [0, 0.05) is 6.04 Å². The van der Waals surface area contributed by atoms with E-state index >= 15 is 0 Å². The van der Waals surface area contributed by atoms with Crippen molar-refractivity contribution >= 4 is 12.0 Å². The highest BCUT2D eigenvalue weighted by molar-refractivity contribution is 5.86. The van der Waals surface area contributed by atoms with Crippen LogP contribution in [0.1, 0.15) is 45.3 Å². The summed E-state index contributed by atoms with van der Waals surface area (Å²) in [5, 5.41) is 12.0. The van der Waals surface area contributed by atoms with Crippen LogP contribution in [0.2, 0.25) is 0 Å². The van der Waals surface area contributed by atoms with E-state index in [1.54, 1.807) is 24.2 Å². The SMILES string of the molecule is CCCC(C)(NC(=O)N(Cc1ccco1)C1CC1)C(=O)O. The molecule has 21 heavy (non-hydrogen) atoms. The number of nitrogens with one attached hydrogen (secondary N) is 1. The number of carbonyl (C=O) groups excluding carboxylic acids is 1. The molecule has 1 saturated carbocycles. The maximum atomic E-state index is 12.5. The fourth-order valence-electron chi connectivity index (χ4n) is 2.35. The second kappa shape index (κ2) is 6.20. The molecule has 0 aromatic carbocycles. The van der Waals surface area contributed by atoms with Crippen molar-refractivity contribution in [1.29, 1.82) is 0 Å². The third kappa shape index (κ3) is 3.77. The van der Waals surface area contributed by atoms with E-state index in [-0.39, 0.29) is 12.1 Å². The number of nitrogens with zero attached hydrogens (tertiary/aromatic N) is 1. The Labute approximate surface area is 124 Å². The van der Waals surface area contributed by atoms with Crippen LogP contribution in [0.4, 0.5) is 4.79 Å².